The number of fused-ring (bicyclic) bond motifs is 1. The molecule has 1 aromatic heterocycles. The van der Waals surface area contributed by atoms with E-state index < -0.39 is 10.0 Å². The third kappa shape index (κ3) is 4.97. The highest BCUT2D eigenvalue weighted by Gasteiger charge is 2.28. The Kier molecular flexibility index (Phi) is 6.14. The Bertz CT molecular complexity index is 1490. The SMILES string of the molecule is CN1CCC/C1=N\S(=O)(=O)c1cccc(NC(=O)CCc2nc3ccccc3c(=O)n2C2CC2)c1. The molecular formula is C25H27N5O4S. The molecule has 1 saturated heterocycles. The Morgan fingerprint density at radius 1 is 1.17 bits per heavy atom. The van der Waals surface area contributed by atoms with Gasteiger partial charge in [0, 0.05) is 44.6 Å². The number of amidine groups is 1. The molecule has 2 aliphatic rings. The van der Waals surface area contributed by atoms with E-state index in [0.717, 1.165) is 25.8 Å². The molecule has 0 atom stereocenters. The van der Waals surface area contributed by atoms with Crippen LogP contribution in [-0.4, -0.2) is 48.2 Å². The first kappa shape index (κ1) is 23.2. The highest BCUT2D eigenvalue weighted by atomic mass is 32.2. The molecule has 0 unspecified atom stereocenters. The van der Waals surface area contributed by atoms with E-state index in [1.165, 1.54) is 12.1 Å². The quantitative estimate of drug-likeness (QED) is 0.541. The molecule has 182 valence electrons. The van der Waals surface area contributed by atoms with E-state index in [-0.39, 0.29) is 28.8 Å². The van der Waals surface area contributed by atoms with Gasteiger partial charge in [0.25, 0.3) is 15.6 Å². The zero-order valence-electron chi connectivity index (χ0n) is 19.5. The number of hydrogen-bond donors (Lipinski definition) is 1. The Morgan fingerprint density at radius 2 is 1.97 bits per heavy atom. The number of para-hydroxylation sites is 1. The first-order valence-corrected chi connectivity index (χ1v) is 13.2. The van der Waals surface area contributed by atoms with Crippen LogP contribution in [0.1, 0.15) is 44.0 Å². The predicted molar refractivity (Wildman–Crippen MR) is 134 cm³/mol. The zero-order valence-corrected chi connectivity index (χ0v) is 20.3. The number of likely N-dealkylation sites (tertiary alicyclic amines) is 1. The van der Waals surface area contributed by atoms with Gasteiger partial charge in [-0.15, -0.1) is 4.40 Å². The maximum atomic E-state index is 13.0. The molecule has 1 N–H and O–H groups in total. The molecule has 1 aliphatic heterocycles. The molecule has 9 nitrogen and oxygen atoms in total. The largest absolute Gasteiger partial charge is 0.362 e. The number of rotatable bonds is 7. The first-order valence-electron chi connectivity index (χ1n) is 11.8. The number of nitrogens with zero attached hydrogens (tertiary/aromatic N) is 4. The number of carbonyl (C=O) groups is 1. The number of aromatic nitrogens is 2. The summed E-state index contributed by atoms with van der Waals surface area (Å²) in [5, 5.41) is 3.35. The molecule has 5 rings (SSSR count). The molecule has 0 spiro atoms. The van der Waals surface area contributed by atoms with Crippen molar-refractivity contribution in [3.05, 3.63) is 64.7 Å². The van der Waals surface area contributed by atoms with E-state index in [9.17, 15) is 18.0 Å². The average molecular weight is 494 g/mol. The van der Waals surface area contributed by atoms with E-state index in [1.54, 1.807) is 28.8 Å². The minimum Gasteiger partial charge on any atom is -0.362 e. The lowest BCUT2D eigenvalue weighted by Crippen LogP contribution is -2.25. The molecule has 0 radical (unpaired) electrons. The predicted octanol–water partition coefficient (Wildman–Crippen LogP) is 3.12. The fraction of sp³-hybridized carbons (Fsp3) is 0.360. The van der Waals surface area contributed by atoms with Gasteiger partial charge in [0.05, 0.1) is 15.8 Å². The van der Waals surface area contributed by atoms with E-state index >= 15 is 0 Å². The lowest BCUT2D eigenvalue weighted by atomic mass is 10.2. The van der Waals surface area contributed by atoms with Gasteiger partial charge in [-0.1, -0.05) is 18.2 Å². The van der Waals surface area contributed by atoms with Gasteiger partial charge < -0.3 is 10.2 Å². The molecule has 1 aliphatic carbocycles. The maximum absolute atomic E-state index is 13.0. The molecule has 2 aromatic carbocycles. The van der Waals surface area contributed by atoms with Crippen LogP contribution in [0.3, 0.4) is 0 Å². The van der Waals surface area contributed by atoms with Gasteiger partial charge in [0.15, 0.2) is 0 Å². The van der Waals surface area contributed by atoms with Gasteiger partial charge in [0.2, 0.25) is 5.91 Å². The summed E-state index contributed by atoms with van der Waals surface area (Å²) in [4.78, 5) is 32.2. The lowest BCUT2D eigenvalue weighted by Gasteiger charge is -2.13. The van der Waals surface area contributed by atoms with Crippen molar-refractivity contribution in [2.45, 2.75) is 49.5 Å². The molecule has 10 heteroatoms. The van der Waals surface area contributed by atoms with Crippen LogP contribution in [0.4, 0.5) is 5.69 Å². The summed E-state index contributed by atoms with van der Waals surface area (Å²) < 4.78 is 31.2. The first-order chi connectivity index (χ1) is 16.8. The van der Waals surface area contributed by atoms with Gasteiger partial charge >= 0.3 is 0 Å². The number of sulfonamides is 1. The molecule has 3 aromatic rings. The third-order valence-corrected chi connectivity index (χ3v) is 7.65. The van der Waals surface area contributed by atoms with Crippen LogP contribution in [0.2, 0.25) is 0 Å². The van der Waals surface area contributed by atoms with E-state index in [1.807, 2.05) is 24.1 Å². The lowest BCUT2D eigenvalue weighted by molar-refractivity contribution is -0.116. The van der Waals surface area contributed by atoms with Gasteiger partial charge in [-0.05, 0) is 49.6 Å². The third-order valence-electron chi connectivity index (χ3n) is 6.34. The van der Waals surface area contributed by atoms with Crippen LogP contribution in [0.15, 0.2) is 62.6 Å². The Balaban J connectivity index is 1.31. The smallest absolute Gasteiger partial charge is 0.284 e. The van der Waals surface area contributed by atoms with Gasteiger partial charge in [-0.25, -0.2) is 4.98 Å². The van der Waals surface area contributed by atoms with Crippen molar-refractivity contribution in [2.24, 2.45) is 4.40 Å². The fourth-order valence-electron chi connectivity index (χ4n) is 4.36. The molecule has 2 heterocycles. The zero-order chi connectivity index (χ0) is 24.6. The van der Waals surface area contributed by atoms with Crippen LogP contribution in [0.25, 0.3) is 10.9 Å². The summed E-state index contributed by atoms with van der Waals surface area (Å²) in [7, 11) is -2.05. The van der Waals surface area contributed by atoms with E-state index in [0.29, 0.717) is 41.1 Å². The minimum atomic E-state index is -3.88. The number of nitrogens with one attached hydrogen (secondary N) is 1. The average Bonchev–Trinajstić information content (AvgIpc) is 3.60. The molecule has 2 fully saturated rings. The molecule has 0 bridgehead atoms. The number of hydrogen-bond acceptors (Lipinski definition) is 5. The summed E-state index contributed by atoms with van der Waals surface area (Å²) in [6.45, 7) is 0.783. The summed E-state index contributed by atoms with van der Waals surface area (Å²) in [6.07, 6.45) is 3.78. The highest BCUT2D eigenvalue weighted by Crippen LogP contribution is 2.35. The van der Waals surface area contributed by atoms with Crippen LogP contribution >= 0.6 is 0 Å². The number of carbonyl (C=O) groups excluding carboxylic acids is 1. The monoisotopic (exact) mass is 493 g/mol. The van der Waals surface area contributed by atoms with Crippen molar-refractivity contribution in [1.29, 1.82) is 0 Å². The second-order valence-corrected chi connectivity index (χ2v) is 10.6. The summed E-state index contributed by atoms with van der Waals surface area (Å²) in [5.74, 6) is 0.856. The molecular weight excluding hydrogens is 466 g/mol. The van der Waals surface area contributed by atoms with Crippen molar-refractivity contribution in [3.63, 3.8) is 0 Å². The number of aryl methyl sites for hydroxylation is 1. The van der Waals surface area contributed by atoms with Crippen LogP contribution < -0.4 is 10.9 Å². The van der Waals surface area contributed by atoms with Gasteiger partial charge in [-0.3, -0.25) is 14.2 Å². The van der Waals surface area contributed by atoms with Crippen LogP contribution in [-0.2, 0) is 21.2 Å². The van der Waals surface area contributed by atoms with E-state index in [4.69, 9.17) is 0 Å². The Morgan fingerprint density at radius 3 is 2.71 bits per heavy atom. The minimum absolute atomic E-state index is 0.0295. The standard InChI is InChI=1S/C25H27N5O4S/c1-29-15-5-10-23(29)28-35(33,34)19-7-4-6-17(16-19)26-24(31)14-13-22-27-21-9-3-2-8-20(21)25(32)30(22)18-11-12-18/h2-4,6-9,16,18H,5,10-15H2,1H3,(H,26,31)/b28-23+. The number of anilines is 1. The van der Waals surface area contributed by atoms with Crippen LogP contribution in [0, 0.1) is 0 Å². The molecule has 35 heavy (non-hydrogen) atoms. The molecule has 1 amide bonds. The second-order valence-electron chi connectivity index (χ2n) is 9.04. The molecule has 1 saturated carbocycles. The van der Waals surface area contributed by atoms with Crippen LogP contribution in [0.5, 0.6) is 0 Å². The van der Waals surface area contributed by atoms with Crippen molar-refractivity contribution in [1.82, 2.24) is 14.5 Å². The number of amides is 1. The van der Waals surface area contributed by atoms with Crippen molar-refractivity contribution < 1.29 is 13.2 Å². The number of benzene rings is 2. The van der Waals surface area contributed by atoms with Crippen molar-refractivity contribution in [2.75, 3.05) is 18.9 Å². The Labute approximate surface area is 203 Å². The van der Waals surface area contributed by atoms with Crippen molar-refractivity contribution in [3.8, 4) is 0 Å². The van der Waals surface area contributed by atoms with Gasteiger partial charge in [-0.2, -0.15) is 8.42 Å². The fourth-order valence-corrected chi connectivity index (χ4v) is 5.50. The second kappa shape index (κ2) is 9.26. The van der Waals surface area contributed by atoms with Crippen molar-refractivity contribution >= 4 is 38.4 Å². The summed E-state index contributed by atoms with van der Waals surface area (Å²) in [6, 6.07) is 13.5. The van der Waals surface area contributed by atoms with E-state index in [2.05, 4.69) is 14.7 Å². The Hall–Kier alpha value is -3.53. The summed E-state index contributed by atoms with van der Waals surface area (Å²) >= 11 is 0. The highest BCUT2D eigenvalue weighted by molar-refractivity contribution is 7.90. The summed E-state index contributed by atoms with van der Waals surface area (Å²) in [5.41, 5.74) is 0.931. The van der Waals surface area contributed by atoms with Gasteiger partial charge in [0.1, 0.15) is 11.7 Å². The normalized spacial score (nSPS) is 17.3. The maximum Gasteiger partial charge on any atom is 0.284 e. The topological polar surface area (TPSA) is 114 Å².